The van der Waals surface area contributed by atoms with Crippen molar-refractivity contribution in [2.45, 2.75) is 32.5 Å². The van der Waals surface area contributed by atoms with Crippen molar-refractivity contribution in [3.05, 3.63) is 59.8 Å². The highest BCUT2D eigenvalue weighted by Gasteiger charge is 2.30. The highest BCUT2D eigenvalue weighted by molar-refractivity contribution is 5.54. The number of benzene rings is 1. The monoisotopic (exact) mass is 416 g/mol. The first kappa shape index (κ1) is 19.9. The number of pyridine rings is 1. The summed E-state index contributed by atoms with van der Waals surface area (Å²) in [5.41, 5.74) is 2.09. The molecule has 0 aliphatic carbocycles. The molecule has 10 heteroatoms. The topological polar surface area (TPSA) is 70.1 Å². The number of aromatic nitrogens is 6. The van der Waals surface area contributed by atoms with Crippen molar-refractivity contribution in [1.82, 2.24) is 29.4 Å². The van der Waals surface area contributed by atoms with E-state index in [0.29, 0.717) is 29.2 Å². The van der Waals surface area contributed by atoms with Gasteiger partial charge in [-0.25, -0.2) is 19.2 Å². The van der Waals surface area contributed by atoms with E-state index < -0.39 is 12.7 Å². The molecule has 7 nitrogen and oxygen atoms in total. The minimum absolute atomic E-state index is 0.216. The predicted octanol–water partition coefficient (Wildman–Crippen LogP) is 3.65. The highest BCUT2D eigenvalue weighted by Crippen LogP contribution is 2.22. The van der Waals surface area contributed by atoms with Gasteiger partial charge in [0.05, 0.1) is 7.11 Å². The van der Waals surface area contributed by atoms with Crippen LogP contribution in [0.25, 0.3) is 17.0 Å². The molecule has 4 rings (SSSR count). The van der Waals surface area contributed by atoms with Gasteiger partial charge in [0.1, 0.15) is 12.4 Å². The molecule has 0 unspecified atom stereocenters. The van der Waals surface area contributed by atoms with E-state index >= 15 is 0 Å². The fourth-order valence-electron chi connectivity index (χ4n) is 3.16. The zero-order valence-electron chi connectivity index (χ0n) is 16.4. The summed E-state index contributed by atoms with van der Waals surface area (Å²) in [6, 6.07) is 12.6. The number of hydrogen-bond acceptors (Lipinski definition) is 5. The average molecular weight is 416 g/mol. The summed E-state index contributed by atoms with van der Waals surface area (Å²) in [4.78, 5) is 8.83. The zero-order chi connectivity index (χ0) is 21.3. The van der Waals surface area contributed by atoms with E-state index in [9.17, 15) is 13.2 Å². The van der Waals surface area contributed by atoms with E-state index in [4.69, 9.17) is 4.74 Å². The molecule has 0 N–H and O–H groups in total. The van der Waals surface area contributed by atoms with Crippen LogP contribution in [-0.2, 0) is 19.4 Å². The van der Waals surface area contributed by atoms with Crippen LogP contribution in [0, 0.1) is 6.92 Å². The molecule has 0 spiro atoms. The summed E-state index contributed by atoms with van der Waals surface area (Å²) in [5, 5.41) is 8.53. The number of alkyl halides is 3. The Kier molecular flexibility index (Phi) is 5.15. The number of ether oxygens (including phenoxy) is 1. The highest BCUT2D eigenvalue weighted by atomic mass is 19.4. The quantitative estimate of drug-likeness (QED) is 0.480. The molecule has 4 aromatic rings. The van der Waals surface area contributed by atoms with Crippen LogP contribution in [0.2, 0.25) is 0 Å². The van der Waals surface area contributed by atoms with Crippen LogP contribution >= 0.6 is 0 Å². The average Bonchev–Trinajstić information content (AvgIpc) is 3.31. The van der Waals surface area contributed by atoms with Gasteiger partial charge in [0, 0.05) is 24.1 Å². The van der Waals surface area contributed by atoms with Gasteiger partial charge >= 0.3 is 6.18 Å². The summed E-state index contributed by atoms with van der Waals surface area (Å²) in [5.74, 6) is 1.56. The Morgan fingerprint density at radius 2 is 1.73 bits per heavy atom. The van der Waals surface area contributed by atoms with Gasteiger partial charge in [0.15, 0.2) is 23.0 Å². The fourth-order valence-corrected chi connectivity index (χ4v) is 3.16. The van der Waals surface area contributed by atoms with Gasteiger partial charge in [-0.15, -0.1) is 0 Å². The first-order chi connectivity index (χ1) is 14.3. The molecule has 0 aliphatic rings. The molecular weight excluding hydrogens is 397 g/mol. The van der Waals surface area contributed by atoms with Crippen LogP contribution in [0.1, 0.15) is 17.3 Å². The van der Waals surface area contributed by atoms with E-state index in [-0.39, 0.29) is 18.1 Å². The molecule has 0 saturated carbocycles. The molecule has 3 aromatic heterocycles. The summed E-state index contributed by atoms with van der Waals surface area (Å²) in [6.07, 6.45) is -3.87. The first-order valence-electron chi connectivity index (χ1n) is 9.29. The van der Waals surface area contributed by atoms with Crippen LogP contribution in [0.5, 0.6) is 5.75 Å². The third kappa shape index (κ3) is 4.12. The lowest BCUT2D eigenvalue weighted by atomic mass is 10.2. The minimum Gasteiger partial charge on any atom is -0.493 e. The second-order valence-electron chi connectivity index (χ2n) is 6.80. The molecule has 0 aliphatic heterocycles. The van der Waals surface area contributed by atoms with Crippen molar-refractivity contribution < 1.29 is 17.9 Å². The van der Waals surface area contributed by atoms with Crippen molar-refractivity contribution in [3.8, 4) is 17.1 Å². The first-order valence-corrected chi connectivity index (χ1v) is 9.29. The molecule has 30 heavy (non-hydrogen) atoms. The van der Waals surface area contributed by atoms with E-state index in [1.807, 2.05) is 19.1 Å². The van der Waals surface area contributed by atoms with Crippen LogP contribution in [-0.4, -0.2) is 42.6 Å². The predicted molar refractivity (Wildman–Crippen MR) is 103 cm³/mol. The Morgan fingerprint density at radius 3 is 2.43 bits per heavy atom. The van der Waals surface area contributed by atoms with Crippen LogP contribution in [0.15, 0.2) is 42.5 Å². The Bertz CT molecular complexity index is 1170. The van der Waals surface area contributed by atoms with Crippen molar-refractivity contribution >= 4 is 5.65 Å². The molecular formula is C20H19F3N6O. The van der Waals surface area contributed by atoms with Gasteiger partial charge in [0.25, 0.3) is 0 Å². The maximum Gasteiger partial charge on any atom is 0.408 e. The van der Waals surface area contributed by atoms with Gasteiger partial charge in [-0.1, -0.05) is 30.3 Å². The maximum absolute atomic E-state index is 13.0. The summed E-state index contributed by atoms with van der Waals surface area (Å²) in [6.45, 7) is 0.685. The lowest BCUT2D eigenvalue weighted by Crippen LogP contribution is -2.21. The van der Waals surface area contributed by atoms with E-state index in [2.05, 4.69) is 20.2 Å². The number of hydrogen-bond donors (Lipinski definition) is 0. The normalized spacial score (nSPS) is 11.9. The van der Waals surface area contributed by atoms with Crippen LogP contribution in [0.3, 0.4) is 0 Å². The van der Waals surface area contributed by atoms with Crippen LogP contribution < -0.4 is 4.74 Å². The molecule has 0 bridgehead atoms. The Balaban J connectivity index is 1.63. The number of fused-ring (bicyclic) bond motifs is 1. The second-order valence-corrected chi connectivity index (χ2v) is 6.80. The number of nitrogens with zero attached hydrogens (tertiary/aromatic N) is 6. The van der Waals surface area contributed by atoms with Gasteiger partial charge in [-0.3, -0.25) is 0 Å². The lowest BCUT2D eigenvalue weighted by Gasteiger charge is -2.08. The zero-order valence-corrected chi connectivity index (χ0v) is 16.4. The summed E-state index contributed by atoms with van der Waals surface area (Å²) >= 11 is 0. The molecule has 1 aromatic carbocycles. The van der Waals surface area contributed by atoms with E-state index in [1.54, 1.807) is 42.0 Å². The summed E-state index contributed by atoms with van der Waals surface area (Å²) < 4.78 is 47.0. The van der Waals surface area contributed by atoms with Gasteiger partial charge in [-0.2, -0.15) is 23.4 Å². The summed E-state index contributed by atoms with van der Waals surface area (Å²) in [7, 11) is 1.55. The van der Waals surface area contributed by atoms with Crippen molar-refractivity contribution in [3.63, 3.8) is 0 Å². The molecule has 3 heterocycles. The third-order valence-corrected chi connectivity index (χ3v) is 4.58. The Labute approximate surface area is 170 Å². The SMILES string of the molecule is COc1ccc(C)n2nc(CCc3nc(-c4ccccc4)nn3CC(F)(F)F)nc12. The number of halogens is 3. The molecule has 0 saturated heterocycles. The molecule has 0 amide bonds. The third-order valence-electron chi connectivity index (χ3n) is 4.58. The maximum atomic E-state index is 13.0. The van der Waals surface area contributed by atoms with E-state index in [0.717, 1.165) is 10.4 Å². The van der Waals surface area contributed by atoms with Gasteiger partial charge < -0.3 is 4.74 Å². The van der Waals surface area contributed by atoms with Crippen molar-refractivity contribution in [2.75, 3.05) is 7.11 Å². The molecule has 156 valence electrons. The molecule has 0 atom stereocenters. The standard InChI is InChI=1S/C20H19F3N6O/c1-13-8-9-15(30-2)19-24-16(26-29(13)19)10-11-17-25-18(14-6-4-3-5-7-14)27-28(17)12-20(21,22)23/h3-9H,10-12H2,1-2H3. The fraction of sp³-hybridized carbons (Fsp3) is 0.300. The Hall–Kier alpha value is -3.43. The van der Waals surface area contributed by atoms with Crippen LogP contribution in [0.4, 0.5) is 13.2 Å². The largest absolute Gasteiger partial charge is 0.493 e. The number of methoxy groups -OCH3 is 1. The van der Waals surface area contributed by atoms with Gasteiger partial charge in [0.2, 0.25) is 0 Å². The number of aryl methyl sites for hydroxylation is 3. The minimum atomic E-state index is -4.40. The molecule has 0 fully saturated rings. The van der Waals surface area contributed by atoms with Crippen molar-refractivity contribution in [2.24, 2.45) is 0 Å². The lowest BCUT2D eigenvalue weighted by molar-refractivity contribution is -0.143. The van der Waals surface area contributed by atoms with E-state index in [1.165, 1.54) is 0 Å². The van der Waals surface area contributed by atoms with Gasteiger partial charge in [-0.05, 0) is 19.1 Å². The number of rotatable bonds is 6. The molecule has 0 radical (unpaired) electrons. The smallest absolute Gasteiger partial charge is 0.408 e. The van der Waals surface area contributed by atoms with Crippen molar-refractivity contribution in [1.29, 1.82) is 0 Å². The second kappa shape index (κ2) is 7.77. The Morgan fingerprint density at radius 1 is 0.967 bits per heavy atom.